The Bertz CT molecular complexity index is 822. The normalized spacial score (nSPS) is 27.8. The summed E-state index contributed by atoms with van der Waals surface area (Å²) in [6.07, 6.45) is 3.68. The number of benzene rings is 1. The van der Waals surface area contributed by atoms with E-state index in [1.54, 1.807) is 22.6 Å². The Labute approximate surface area is 142 Å². The highest BCUT2D eigenvalue weighted by molar-refractivity contribution is 7.89. The van der Waals surface area contributed by atoms with Crippen molar-refractivity contribution in [3.63, 3.8) is 0 Å². The van der Waals surface area contributed by atoms with Gasteiger partial charge in [0.05, 0.1) is 5.52 Å². The zero-order valence-electron chi connectivity index (χ0n) is 12.6. The van der Waals surface area contributed by atoms with Gasteiger partial charge in [-0.2, -0.15) is 4.31 Å². The minimum Gasteiger partial charge on any atom is -0.327 e. The van der Waals surface area contributed by atoms with Crippen LogP contribution in [0.15, 0.2) is 41.4 Å². The number of sulfonamides is 1. The highest BCUT2D eigenvalue weighted by Gasteiger charge is 2.45. The lowest BCUT2D eigenvalue weighted by Gasteiger charge is -2.19. The number of nitrogens with two attached hydrogens (primary N) is 1. The van der Waals surface area contributed by atoms with Gasteiger partial charge in [0, 0.05) is 30.7 Å². The van der Waals surface area contributed by atoms with Gasteiger partial charge < -0.3 is 5.73 Å². The molecule has 1 aliphatic carbocycles. The van der Waals surface area contributed by atoms with E-state index in [-0.39, 0.29) is 18.4 Å². The quantitative estimate of drug-likeness (QED) is 0.896. The Morgan fingerprint density at radius 3 is 2.70 bits per heavy atom. The lowest BCUT2D eigenvalue weighted by atomic mass is 9.98. The summed E-state index contributed by atoms with van der Waals surface area (Å²) in [5.41, 5.74) is 6.67. The molecule has 2 aliphatic rings. The standard InChI is InChI=1S/C16H19N3O2S.ClH/c17-14-7-6-12-9-19(10-13(12)14)22(20,21)15-5-1-3-11-4-2-8-18-16(11)15;/h1-5,8,12-14H,6-7,9-10,17H2;1H. The molecule has 0 spiro atoms. The molecular weight excluding hydrogens is 334 g/mol. The number of aromatic nitrogens is 1. The molecule has 5 nitrogen and oxygen atoms in total. The largest absolute Gasteiger partial charge is 0.327 e. The van der Waals surface area contributed by atoms with Crippen LogP contribution in [0.2, 0.25) is 0 Å². The molecule has 2 N–H and O–H groups in total. The van der Waals surface area contributed by atoms with Gasteiger partial charge in [-0.05, 0) is 36.8 Å². The fraction of sp³-hybridized carbons (Fsp3) is 0.438. The zero-order valence-corrected chi connectivity index (χ0v) is 14.3. The van der Waals surface area contributed by atoms with Gasteiger partial charge in [-0.1, -0.05) is 18.2 Å². The van der Waals surface area contributed by atoms with E-state index in [9.17, 15) is 8.42 Å². The number of fused-ring (bicyclic) bond motifs is 2. The van der Waals surface area contributed by atoms with Crippen LogP contribution in [-0.2, 0) is 10.0 Å². The number of halogens is 1. The molecule has 23 heavy (non-hydrogen) atoms. The lowest BCUT2D eigenvalue weighted by Crippen LogP contribution is -2.33. The van der Waals surface area contributed by atoms with Crippen LogP contribution < -0.4 is 5.73 Å². The lowest BCUT2D eigenvalue weighted by molar-refractivity contribution is 0.427. The second kappa shape index (κ2) is 6.02. The molecule has 0 radical (unpaired) electrons. The molecule has 0 bridgehead atoms. The van der Waals surface area contributed by atoms with Crippen molar-refractivity contribution >= 4 is 33.3 Å². The number of hydrogen-bond acceptors (Lipinski definition) is 4. The maximum atomic E-state index is 13.0. The topological polar surface area (TPSA) is 76.3 Å². The highest BCUT2D eigenvalue weighted by Crippen LogP contribution is 2.39. The Morgan fingerprint density at radius 2 is 1.91 bits per heavy atom. The van der Waals surface area contributed by atoms with Crippen LogP contribution in [0.4, 0.5) is 0 Å². The highest BCUT2D eigenvalue weighted by atomic mass is 35.5. The summed E-state index contributed by atoms with van der Waals surface area (Å²) in [6.45, 7) is 1.13. The first-order chi connectivity index (χ1) is 10.6. The Hall–Kier alpha value is -1.21. The first kappa shape index (κ1) is 16.6. The monoisotopic (exact) mass is 353 g/mol. The average molecular weight is 354 g/mol. The first-order valence-corrected chi connectivity index (χ1v) is 9.11. The molecule has 4 rings (SSSR count). The third kappa shape index (κ3) is 2.63. The van der Waals surface area contributed by atoms with Gasteiger partial charge in [0.1, 0.15) is 4.90 Å². The molecule has 1 aromatic heterocycles. The van der Waals surface area contributed by atoms with E-state index in [2.05, 4.69) is 4.98 Å². The van der Waals surface area contributed by atoms with Gasteiger partial charge in [-0.25, -0.2) is 8.42 Å². The van der Waals surface area contributed by atoms with E-state index >= 15 is 0 Å². The summed E-state index contributed by atoms with van der Waals surface area (Å²) in [6, 6.07) is 9.15. The van der Waals surface area contributed by atoms with E-state index in [1.807, 2.05) is 18.2 Å². The number of nitrogens with zero attached hydrogens (tertiary/aromatic N) is 2. The maximum Gasteiger partial charge on any atom is 0.245 e. The van der Waals surface area contributed by atoms with E-state index in [1.165, 1.54) is 0 Å². The van der Waals surface area contributed by atoms with Crippen LogP contribution in [0.25, 0.3) is 10.9 Å². The van der Waals surface area contributed by atoms with Crippen molar-refractivity contribution in [3.8, 4) is 0 Å². The molecule has 2 aromatic rings. The molecule has 7 heteroatoms. The van der Waals surface area contributed by atoms with Gasteiger partial charge in [-0.3, -0.25) is 4.98 Å². The Balaban J connectivity index is 0.00000156. The summed E-state index contributed by atoms with van der Waals surface area (Å²) in [5, 5.41) is 0.847. The summed E-state index contributed by atoms with van der Waals surface area (Å²) >= 11 is 0. The van der Waals surface area contributed by atoms with Gasteiger partial charge in [0.25, 0.3) is 0 Å². The molecular formula is C16H20ClN3O2S. The van der Waals surface area contributed by atoms with Crippen LogP contribution in [0.3, 0.4) is 0 Å². The summed E-state index contributed by atoms with van der Waals surface area (Å²) in [7, 11) is -3.52. The fourth-order valence-electron chi connectivity index (χ4n) is 3.89. The smallest absolute Gasteiger partial charge is 0.245 e. The molecule has 3 atom stereocenters. The maximum absolute atomic E-state index is 13.0. The summed E-state index contributed by atoms with van der Waals surface area (Å²) in [5.74, 6) is 0.713. The van der Waals surface area contributed by atoms with Crippen molar-refractivity contribution in [3.05, 3.63) is 36.5 Å². The van der Waals surface area contributed by atoms with Gasteiger partial charge in [-0.15, -0.1) is 12.4 Å². The fourth-order valence-corrected chi connectivity index (χ4v) is 5.59. The van der Waals surface area contributed by atoms with Crippen LogP contribution in [0.5, 0.6) is 0 Å². The molecule has 3 unspecified atom stereocenters. The van der Waals surface area contributed by atoms with Crippen LogP contribution in [0.1, 0.15) is 12.8 Å². The van der Waals surface area contributed by atoms with E-state index in [4.69, 9.17) is 5.73 Å². The molecule has 0 amide bonds. The first-order valence-electron chi connectivity index (χ1n) is 7.67. The Morgan fingerprint density at radius 1 is 1.13 bits per heavy atom. The van der Waals surface area contributed by atoms with Crippen LogP contribution in [-0.4, -0.2) is 36.8 Å². The van der Waals surface area contributed by atoms with E-state index in [0.29, 0.717) is 35.3 Å². The average Bonchev–Trinajstić information content (AvgIpc) is 3.10. The zero-order chi connectivity index (χ0) is 15.3. The summed E-state index contributed by atoms with van der Waals surface area (Å²) in [4.78, 5) is 4.58. The Kier molecular flexibility index (Phi) is 4.35. The molecule has 1 saturated heterocycles. The van der Waals surface area contributed by atoms with Crippen molar-refractivity contribution < 1.29 is 8.42 Å². The van der Waals surface area contributed by atoms with Crippen molar-refractivity contribution in [2.24, 2.45) is 17.6 Å². The third-order valence-electron chi connectivity index (χ3n) is 5.09. The van der Waals surface area contributed by atoms with Gasteiger partial charge in [0.15, 0.2) is 0 Å². The molecule has 124 valence electrons. The molecule has 1 saturated carbocycles. The van der Waals surface area contributed by atoms with Crippen LogP contribution in [0, 0.1) is 11.8 Å². The van der Waals surface area contributed by atoms with Crippen molar-refractivity contribution in [2.45, 2.75) is 23.8 Å². The number of hydrogen-bond donors (Lipinski definition) is 1. The minimum atomic E-state index is -3.52. The number of para-hydroxylation sites is 1. The number of rotatable bonds is 2. The van der Waals surface area contributed by atoms with Crippen molar-refractivity contribution in [1.29, 1.82) is 0 Å². The van der Waals surface area contributed by atoms with E-state index in [0.717, 1.165) is 18.2 Å². The van der Waals surface area contributed by atoms with Gasteiger partial charge >= 0.3 is 0 Å². The third-order valence-corrected chi connectivity index (χ3v) is 6.96. The SMILES string of the molecule is Cl.NC1CCC2CN(S(=O)(=O)c3cccc4cccnc34)CC12. The summed E-state index contributed by atoms with van der Waals surface area (Å²) < 4.78 is 27.7. The number of pyridine rings is 1. The van der Waals surface area contributed by atoms with Crippen molar-refractivity contribution in [1.82, 2.24) is 9.29 Å². The second-order valence-electron chi connectivity index (χ2n) is 6.32. The van der Waals surface area contributed by atoms with Crippen molar-refractivity contribution in [2.75, 3.05) is 13.1 Å². The predicted octanol–water partition coefficient (Wildman–Crippen LogP) is 2.01. The molecule has 1 aromatic carbocycles. The molecule has 1 aliphatic heterocycles. The predicted molar refractivity (Wildman–Crippen MR) is 91.9 cm³/mol. The van der Waals surface area contributed by atoms with E-state index < -0.39 is 10.0 Å². The minimum absolute atomic E-state index is 0. The molecule has 2 fully saturated rings. The molecule has 2 heterocycles. The van der Waals surface area contributed by atoms with Gasteiger partial charge in [0.2, 0.25) is 10.0 Å². The second-order valence-corrected chi connectivity index (χ2v) is 8.22. The van der Waals surface area contributed by atoms with Crippen LogP contribution >= 0.6 is 12.4 Å².